The van der Waals surface area contributed by atoms with Gasteiger partial charge in [-0.3, -0.25) is 4.79 Å². The molecule has 108 valence electrons. The lowest BCUT2D eigenvalue weighted by molar-refractivity contribution is 0.494. The number of nitrogens with zero attached hydrogens (tertiary/aromatic N) is 1. The lowest BCUT2D eigenvalue weighted by Crippen LogP contribution is -2.30. The number of rotatable bonds is 3. The Kier molecular flexibility index (Phi) is 2.95. The molecule has 0 aliphatic heterocycles. The van der Waals surface area contributed by atoms with Gasteiger partial charge in [0.15, 0.2) is 0 Å². The average Bonchev–Trinajstić information content (AvgIpc) is 3.25. The third-order valence-electron chi connectivity index (χ3n) is 4.99. The molecule has 0 amide bonds. The van der Waals surface area contributed by atoms with E-state index in [1.54, 1.807) is 6.07 Å². The summed E-state index contributed by atoms with van der Waals surface area (Å²) in [6.07, 6.45) is 6.91. The summed E-state index contributed by atoms with van der Waals surface area (Å²) < 4.78 is 0. The van der Waals surface area contributed by atoms with E-state index in [0.29, 0.717) is 5.92 Å². The van der Waals surface area contributed by atoms with Gasteiger partial charge in [0.2, 0.25) is 0 Å². The molecule has 1 aromatic heterocycles. The summed E-state index contributed by atoms with van der Waals surface area (Å²) in [6.45, 7) is 0. The number of nitrogens with one attached hydrogen (secondary N) is 1. The van der Waals surface area contributed by atoms with E-state index in [4.69, 9.17) is 4.98 Å². The minimum absolute atomic E-state index is 0.00380. The highest BCUT2D eigenvalue weighted by molar-refractivity contribution is 5.35. The normalized spacial score (nSPS) is 20.6. The van der Waals surface area contributed by atoms with Crippen LogP contribution >= 0.6 is 0 Å². The van der Waals surface area contributed by atoms with Crippen LogP contribution in [0.15, 0.2) is 41.2 Å². The Morgan fingerprint density at radius 1 is 1.10 bits per heavy atom. The molecule has 0 unspecified atom stereocenters. The van der Waals surface area contributed by atoms with E-state index in [9.17, 15) is 4.79 Å². The second kappa shape index (κ2) is 4.83. The zero-order chi connectivity index (χ0) is 14.3. The second-order valence-electron chi connectivity index (χ2n) is 6.45. The molecule has 3 heteroatoms. The first-order valence-electron chi connectivity index (χ1n) is 7.95. The molecule has 2 saturated carbocycles. The Balaban J connectivity index is 1.86. The highest BCUT2D eigenvalue weighted by Crippen LogP contribution is 2.45. The second-order valence-corrected chi connectivity index (χ2v) is 6.45. The van der Waals surface area contributed by atoms with E-state index in [0.717, 1.165) is 24.4 Å². The first-order valence-corrected chi connectivity index (χ1v) is 7.95. The fraction of sp³-hybridized carbons (Fsp3) is 0.444. The van der Waals surface area contributed by atoms with E-state index >= 15 is 0 Å². The molecule has 2 fully saturated rings. The van der Waals surface area contributed by atoms with Gasteiger partial charge in [0.25, 0.3) is 5.56 Å². The SMILES string of the molecule is O=c1cc(C2CC2)nc(C2(c3ccccc3)CCCC2)[nH]1. The van der Waals surface area contributed by atoms with Crippen molar-refractivity contribution in [2.75, 3.05) is 0 Å². The van der Waals surface area contributed by atoms with E-state index in [-0.39, 0.29) is 11.0 Å². The lowest BCUT2D eigenvalue weighted by atomic mass is 9.78. The summed E-state index contributed by atoms with van der Waals surface area (Å²) in [5.41, 5.74) is 2.20. The van der Waals surface area contributed by atoms with Gasteiger partial charge in [-0.1, -0.05) is 43.2 Å². The van der Waals surface area contributed by atoms with E-state index in [1.807, 2.05) is 6.07 Å². The maximum absolute atomic E-state index is 12.1. The van der Waals surface area contributed by atoms with Gasteiger partial charge in [-0.05, 0) is 31.2 Å². The largest absolute Gasteiger partial charge is 0.310 e. The molecule has 4 rings (SSSR count). The van der Waals surface area contributed by atoms with Crippen LogP contribution in [0.25, 0.3) is 0 Å². The molecule has 1 aromatic carbocycles. The Bertz CT molecular complexity index is 695. The van der Waals surface area contributed by atoms with Crippen molar-refractivity contribution < 1.29 is 0 Å². The van der Waals surface area contributed by atoms with Crippen molar-refractivity contribution in [3.8, 4) is 0 Å². The summed E-state index contributed by atoms with van der Waals surface area (Å²) in [6, 6.07) is 12.2. The van der Waals surface area contributed by atoms with Crippen LogP contribution < -0.4 is 5.56 Å². The van der Waals surface area contributed by atoms with Crippen molar-refractivity contribution in [1.29, 1.82) is 0 Å². The van der Waals surface area contributed by atoms with Gasteiger partial charge >= 0.3 is 0 Å². The average molecular weight is 280 g/mol. The minimum atomic E-state index is -0.0919. The number of hydrogen-bond acceptors (Lipinski definition) is 2. The standard InChI is InChI=1S/C18H20N2O/c21-16-12-15(13-8-9-13)19-17(20-16)18(10-4-5-11-18)14-6-2-1-3-7-14/h1-3,6-7,12-13H,4-5,8-11H2,(H,19,20,21). The number of aromatic nitrogens is 2. The fourth-order valence-electron chi connectivity index (χ4n) is 3.69. The number of aromatic amines is 1. The van der Waals surface area contributed by atoms with Crippen LogP contribution in [-0.4, -0.2) is 9.97 Å². The van der Waals surface area contributed by atoms with Gasteiger partial charge in [0, 0.05) is 12.0 Å². The van der Waals surface area contributed by atoms with Gasteiger partial charge in [-0.2, -0.15) is 0 Å². The van der Waals surface area contributed by atoms with Crippen molar-refractivity contribution in [3.05, 3.63) is 63.8 Å². The molecule has 3 nitrogen and oxygen atoms in total. The monoisotopic (exact) mass is 280 g/mol. The van der Waals surface area contributed by atoms with Crippen LogP contribution in [0.1, 0.15) is 61.5 Å². The maximum atomic E-state index is 12.1. The summed E-state index contributed by atoms with van der Waals surface area (Å²) in [5, 5.41) is 0. The van der Waals surface area contributed by atoms with Gasteiger partial charge in [-0.15, -0.1) is 0 Å². The number of benzene rings is 1. The van der Waals surface area contributed by atoms with Gasteiger partial charge in [-0.25, -0.2) is 4.98 Å². The molecular weight excluding hydrogens is 260 g/mol. The van der Waals surface area contributed by atoms with Crippen LogP contribution in [0.5, 0.6) is 0 Å². The fourth-order valence-corrected chi connectivity index (χ4v) is 3.69. The first kappa shape index (κ1) is 12.8. The third kappa shape index (κ3) is 2.21. The zero-order valence-corrected chi connectivity index (χ0v) is 12.1. The molecule has 21 heavy (non-hydrogen) atoms. The third-order valence-corrected chi connectivity index (χ3v) is 4.99. The Hall–Kier alpha value is -1.90. The molecule has 0 atom stereocenters. The van der Waals surface area contributed by atoms with Gasteiger partial charge in [0.05, 0.1) is 11.1 Å². The Morgan fingerprint density at radius 2 is 1.81 bits per heavy atom. The zero-order valence-electron chi connectivity index (χ0n) is 12.1. The molecule has 1 heterocycles. The molecule has 0 spiro atoms. The van der Waals surface area contributed by atoms with Crippen molar-refractivity contribution in [3.63, 3.8) is 0 Å². The molecule has 0 saturated heterocycles. The maximum Gasteiger partial charge on any atom is 0.251 e. The number of H-pyrrole nitrogens is 1. The highest BCUT2D eigenvalue weighted by atomic mass is 16.1. The van der Waals surface area contributed by atoms with Gasteiger partial charge < -0.3 is 4.98 Å². The van der Waals surface area contributed by atoms with Crippen LogP contribution in [0.2, 0.25) is 0 Å². The Morgan fingerprint density at radius 3 is 2.48 bits per heavy atom. The van der Waals surface area contributed by atoms with Crippen molar-refractivity contribution in [1.82, 2.24) is 9.97 Å². The molecule has 2 aromatic rings. The molecule has 0 radical (unpaired) electrons. The van der Waals surface area contributed by atoms with Gasteiger partial charge in [0.1, 0.15) is 5.82 Å². The van der Waals surface area contributed by atoms with E-state index < -0.39 is 0 Å². The van der Waals surface area contributed by atoms with Crippen LogP contribution in [0.3, 0.4) is 0 Å². The summed E-state index contributed by atoms with van der Waals surface area (Å²) in [7, 11) is 0. The van der Waals surface area contributed by atoms with Crippen molar-refractivity contribution >= 4 is 0 Å². The predicted octanol–water partition coefficient (Wildman–Crippen LogP) is 3.51. The highest BCUT2D eigenvalue weighted by Gasteiger charge is 2.40. The molecule has 2 aliphatic carbocycles. The summed E-state index contributed by atoms with van der Waals surface area (Å²) >= 11 is 0. The van der Waals surface area contributed by atoms with Crippen molar-refractivity contribution in [2.45, 2.75) is 49.9 Å². The first-order chi connectivity index (χ1) is 10.3. The van der Waals surface area contributed by atoms with Crippen LogP contribution in [-0.2, 0) is 5.41 Å². The predicted molar refractivity (Wildman–Crippen MR) is 82.5 cm³/mol. The summed E-state index contributed by atoms with van der Waals surface area (Å²) in [4.78, 5) is 20.0. The molecular formula is C18H20N2O. The van der Waals surface area contributed by atoms with E-state index in [2.05, 4.69) is 29.2 Å². The smallest absolute Gasteiger partial charge is 0.251 e. The molecule has 0 bridgehead atoms. The molecule has 2 aliphatic rings. The quantitative estimate of drug-likeness (QED) is 0.935. The topological polar surface area (TPSA) is 45.8 Å². The Labute approximate surface area is 124 Å². The van der Waals surface area contributed by atoms with Crippen LogP contribution in [0.4, 0.5) is 0 Å². The summed E-state index contributed by atoms with van der Waals surface area (Å²) in [5.74, 6) is 1.40. The lowest BCUT2D eigenvalue weighted by Gasteiger charge is -2.28. The van der Waals surface area contributed by atoms with Crippen LogP contribution in [0, 0.1) is 0 Å². The van der Waals surface area contributed by atoms with Crippen molar-refractivity contribution in [2.24, 2.45) is 0 Å². The molecule has 1 N–H and O–H groups in total. The number of hydrogen-bond donors (Lipinski definition) is 1. The minimum Gasteiger partial charge on any atom is -0.310 e. The van der Waals surface area contributed by atoms with E-state index in [1.165, 1.54) is 31.2 Å².